The average Bonchev–Trinajstić information content (AvgIpc) is 2.77. The van der Waals surface area contributed by atoms with Gasteiger partial charge in [-0.3, -0.25) is 24.1 Å². The molecule has 2 aromatic rings. The Morgan fingerprint density at radius 1 is 1.17 bits per heavy atom. The van der Waals surface area contributed by atoms with Gasteiger partial charge in [0.05, 0.1) is 6.67 Å². The van der Waals surface area contributed by atoms with Crippen molar-refractivity contribution in [2.75, 3.05) is 6.67 Å². The first-order chi connectivity index (χ1) is 16.4. The molecule has 1 aromatic heterocycles. The van der Waals surface area contributed by atoms with Crippen molar-refractivity contribution >= 4 is 27.4 Å². The molecule has 1 aromatic carbocycles. The van der Waals surface area contributed by atoms with E-state index in [1.54, 1.807) is 12.1 Å². The van der Waals surface area contributed by atoms with Gasteiger partial charge >= 0.3 is 5.69 Å². The maximum atomic E-state index is 12.9. The van der Waals surface area contributed by atoms with E-state index in [0.717, 1.165) is 15.7 Å². The van der Waals surface area contributed by atoms with Gasteiger partial charge in [-0.25, -0.2) is 4.79 Å². The van der Waals surface area contributed by atoms with Crippen LogP contribution in [0.4, 0.5) is 0 Å². The van der Waals surface area contributed by atoms with E-state index in [9.17, 15) is 14.4 Å². The Kier molecular flexibility index (Phi) is 17.0. The minimum atomic E-state index is -0.593. The molecule has 7 nitrogen and oxygen atoms in total. The highest BCUT2D eigenvalue weighted by Crippen LogP contribution is 2.21. The molecule has 0 amide bonds. The Balaban J connectivity index is 0. The van der Waals surface area contributed by atoms with Gasteiger partial charge in [0.2, 0.25) is 5.78 Å². The number of terminal acetylenes is 1. The van der Waals surface area contributed by atoms with E-state index in [1.165, 1.54) is 17.2 Å². The van der Waals surface area contributed by atoms with E-state index < -0.39 is 11.2 Å². The van der Waals surface area contributed by atoms with E-state index in [0.29, 0.717) is 17.8 Å². The standard InChI is InChI=1S/C16H17BrN2O3.C7H14N2.C2H6.C2H2/c1-8(2)12-13(19(4)16(22)18-15(12)21)14(20)10-5-9(3)6-11(17)7-10;1-6(2)4-7(3)9-5-8;2*1-2/h5-8H,1-4H3,(H,18,21,22);4H,5,8H2,1-3H3;1-2H3;1-2H/b;9-7-;;. The zero-order valence-corrected chi connectivity index (χ0v) is 23.9. The van der Waals surface area contributed by atoms with Gasteiger partial charge in [-0.15, -0.1) is 12.8 Å². The monoisotopic (exact) mass is 546 g/mol. The summed E-state index contributed by atoms with van der Waals surface area (Å²) in [5.74, 6) is -0.512. The number of hydrogen-bond acceptors (Lipinski definition) is 5. The molecule has 0 aliphatic rings. The van der Waals surface area contributed by atoms with Crippen LogP contribution in [0.1, 0.15) is 81.6 Å². The van der Waals surface area contributed by atoms with Gasteiger partial charge in [0.25, 0.3) is 5.56 Å². The predicted molar refractivity (Wildman–Crippen MR) is 152 cm³/mol. The van der Waals surface area contributed by atoms with Crippen LogP contribution in [0.25, 0.3) is 0 Å². The second-order valence-corrected chi connectivity index (χ2v) is 8.70. The molecule has 0 atom stereocenters. The summed E-state index contributed by atoms with van der Waals surface area (Å²) in [5.41, 5.74) is 8.16. The number of carbonyl (C=O) groups excluding carboxylic acids is 1. The zero-order valence-electron chi connectivity index (χ0n) is 22.3. The molecular formula is C27H39BrN4O3. The van der Waals surface area contributed by atoms with Crippen LogP contribution in [0.3, 0.4) is 0 Å². The van der Waals surface area contributed by atoms with Crippen LogP contribution in [-0.4, -0.2) is 27.7 Å². The van der Waals surface area contributed by atoms with E-state index >= 15 is 0 Å². The van der Waals surface area contributed by atoms with Crippen LogP contribution in [0.15, 0.2) is 48.9 Å². The van der Waals surface area contributed by atoms with Gasteiger partial charge in [0.15, 0.2) is 0 Å². The van der Waals surface area contributed by atoms with Crippen LogP contribution in [0.2, 0.25) is 0 Å². The highest BCUT2D eigenvalue weighted by Gasteiger charge is 2.23. The van der Waals surface area contributed by atoms with Crippen LogP contribution >= 0.6 is 15.9 Å². The number of nitrogens with zero attached hydrogens (tertiary/aromatic N) is 2. The van der Waals surface area contributed by atoms with Crippen molar-refractivity contribution in [1.29, 1.82) is 0 Å². The molecule has 2 rings (SSSR count). The number of rotatable bonds is 5. The number of benzene rings is 1. The maximum absolute atomic E-state index is 12.9. The number of nitrogens with two attached hydrogens (primary N) is 1. The number of halogens is 1. The Hall–Kier alpha value is -3.02. The SMILES string of the molecule is C#C.CC.CC(C)=C/C(C)=N\CN.Cc1cc(Br)cc(C(=O)c2c(C(C)C)c(=O)[nH]c(=O)n2C)c1. The molecule has 0 unspecified atom stereocenters. The smallest absolute Gasteiger partial charge is 0.312 e. The maximum Gasteiger partial charge on any atom is 0.328 e. The molecule has 35 heavy (non-hydrogen) atoms. The number of aryl methyl sites for hydroxylation is 1. The van der Waals surface area contributed by atoms with Crippen molar-refractivity contribution in [3.8, 4) is 12.8 Å². The lowest BCUT2D eigenvalue weighted by molar-refractivity contribution is 0.102. The Morgan fingerprint density at radius 2 is 1.71 bits per heavy atom. The summed E-state index contributed by atoms with van der Waals surface area (Å²) in [4.78, 5) is 43.0. The fourth-order valence-corrected chi connectivity index (χ4v) is 3.67. The fourth-order valence-electron chi connectivity index (χ4n) is 3.06. The van der Waals surface area contributed by atoms with E-state index in [2.05, 4.69) is 38.8 Å². The summed E-state index contributed by atoms with van der Waals surface area (Å²) >= 11 is 3.36. The summed E-state index contributed by atoms with van der Waals surface area (Å²) < 4.78 is 1.98. The summed E-state index contributed by atoms with van der Waals surface area (Å²) in [6.45, 7) is 15.9. The third-order valence-electron chi connectivity index (χ3n) is 4.30. The number of aromatic nitrogens is 2. The number of H-pyrrole nitrogens is 1. The molecule has 8 heteroatoms. The molecule has 192 valence electrons. The number of hydrogen-bond donors (Lipinski definition) is 2. The molecule has 0 saturated heterocycles. The minimum Gasteiger partial charge on any atom is -0.312 e. The molecule has 0 aliphatic heterocycles. The van der Waals surface area contributed by atoms with Crippen LogP contribution in [0.5, 0.6) is 0 Å². The molecule has 0 aliphatic carbocycles. The Morgan fingerprint density at radius 3 is 2.14 bits per heavy atom. The fraction of sp³-hybridized carbons (Fsp3) is 0.407. The quantitative estimate of drug-likeness (QED) is 0.308. The van der Waals surface area contributed by atoms with Crippen LogP contribution in [-0.2, 0) is 7.05 Å². The van der Waals surface area contributed by atoms with Crippen molar-refractivity contribution in [1.82, 2.24) is 9.55 Å². The third kappa shape index (κ3) is 11.3. The predicted octanol–water partition coefficient (Wildman–Crippen LogP) is 5.10. The van der Waals surface area contributed by atoms with Crippen molar-refractivity contribution in [3.05, 3.63) is 77.5 Å². The van der Waals surface area contributed by atoms with Gasteiger partial charge in [0.1, 0.15) is 5.69 Å². The summed E-state index contributed by atoms with van der Waals surface area (Å²) in [7, 11) is 1.49. The second-order valence-electron chi connectivity index (χ2n) is 7.79. The molecule has 0 radical (unpaired) electrons. The molecule has 0 saturated carbocycles. The number of carbonyl (C=O) groups is 1. The van der Waals surface area contributed by atoms with Gasteiger partial charge in [-0.2, -0.15) is 0 Å². The van der Waals surface area contributed by atoms with Crippen LogP contribution < -0.4 is 17.0 Å². The lowest BCUT2D eigenvalue weighted by Gasteiger charge is -2.14. The van der Waals surface area contributed by atoms with Crippen molar-refractivity contribution in [3.63, 3.8) is 0 Å². The highest BCUT2D eigenvalue weighted by atomic mass is 79.9. The zero-order chi connectivity index (χ0) is 27.9. The third-order valence-corrected chi connectivity index (χ3v) is 4.75. The van der Waals surface area contributed by atoms with E-state index in [1.807, 2.05) is 67.5 Å². The molecule has 3 N–H and O–H groups in total. The number of aliphatic imine (C=N–C) groups is 1. The van der Waals surface area contributed by atoms with Gasteiger partial charge in [-0.1, -0.05) is 49.2 Å². The number of nitrogens with one attached hydrogen (secondary N) is 1. The summed E-state index contributed by atoms with van der Waals surface area (Å²) in [6.07, 6.45) is 10.0. The minimum absolute atomic E-state index is 0.140. The molecule has 0 bridgehead atoms. The Bertz CT molecular complexity index is 1140. The van der Waals surface area contributed by atoms with Gasteiger partial charge < -0.3 is 5.73 Å². The van der Waals surface area contributed by atoms with Gasteiger partial charge in [-0.05, 0) is 63.5 Å². The van der Waals surface area contributed by atoms with Crippen molar-refractivity contribution < 1.29 is 4.79 Å². The van der Waals surface area contributed by atoms with Crippen molar-refractivity contribution in [2.45, 2.75) is 61.3 Å². The van der Waals surface area contributed by atoms with Gasteiger partial charge in [0, 0.05) is 28.4 Å². The van der Waals surface area contributed by atoms with Crippen LogP contribution in [0, 0.1) is 19.8 Å². The highest BCUT2D eigenvalue weighted by molar-refractivity contribution is 9.10. The second kappa shape index (κ2) is 17.4. The van der Waals surface area contributed by atoms with Crippen molar-refractivity contribution in [2.24, 2.45) is 17.8 Å². The molecule has 0 spiro atoms. The molecular weight excluding hydrogens is 508 g/mol. The Labute approximate surface area is 217 Å². The lowest BCUT2D eigenvalue weighted by Crippen LogP contribution is -2.36. The average molecular weight is 548 g/mol. The summed E-state index contributed by atoms with van der Waals surface area (Å²) in [5, 5.41) is 0. The normalized spacial score (nSPS) is 10.1. The van der Waals surface area contributed by atoms with E-state index in [-0.39, 0.29) is 17.4 Å². The lowest BCUT2D eigenvalue weighted by atomic mass is 9.96. The van der Waals surface area contributed by atoms with E-state index in [4.69, 9.17) is 5.73 Å². The summed E-state index contributed by atoms with van der Waals surface area (Å²) in [6, 6.07) is 5.31. The first kappa shape index (κ1) is 34.1. The molecule has 1 heterocycles. The first-order valence-corrected chi connectivity index (χ1v) is 12.0. The number of allylic oxidation sites excluding steroid dienone is 2. The molecule has 0 fully saturated rings. The largest absolute Gasteiger partial charge is 0.328 e. The number of aromatic amines is 1. The first-order valence-electron chi connectivity index (χ1n) is 11.2. The number of ketones is 1. The topological polar surface area (TPSA) is 110 Å².